The number of carbonyl (C=O) groups is 1. The van der Waals surface area contributed by atoms with Crippen LogP contribution in [0, 0.1) is 5.92 Å². The number of halogens is 1. The van der Waals surface area contributed by atoms with E-state index in [1.54, 1.807) is 0 Å². The molecule has 1 aliphatic heterocycles. The van der Waals surface area contributed by atoms with Crippen LogP contribution in [-0.4, -0.2) is 37.0 Å². The van der Waals surface area contributed by atoms with Crippen LogP contribution in [0.4, 0.5) is 0 Å². The van der Waals surface area contributed by atoms with Gasteiger partial charge in [0.05, 0.1) is 0 Å². The molecule has 0 aliphatic carbocycles. The molecule has 1 fully saturated rings. The van der Waals surface area contributed by atoms with Crippen molar-refractivity contribution < 1.29 is 4.79 Å². The summed E-state index contributed by atoms with van der Waals surface area (Å²) >= 11 is 0. The van der Waals surface area contributed by atoms with E-state index in [-0.39, 0.29) is 12.4 Å². The number of nitrogens with one attached hydrogen (secondary N) is 1. The Morgan fingerprint density at radius 3 is 2.75 bits per heavy atom. The lowest BCUT2D eigenvalue weighted by atomic mass is 9.92. The maximum atomic E-state index is 11.9. The van der Waals surface area contributed by atoms with Crippen LogP contribution in [0.3, 0.4) is 0 Å². The van der Waals surface area contributed by atoms with Gasteiger partial charge in [0.1, 0.15) is 0 Å². The Morgan fingerprint density at radius 1 is 1.44 bits per heavy atom. The summed E-state index contributed by atoms with van der Waals surface area (Å²) in [5.41, 5.74) is 0. The van der Waals surface area contributed by atoms with Crippen molar-refractivity contribution in [2.24, 2.45) is 5.92 Å². The molecule has 2 atom stereocenters. The molecular formula is C12H25ClN2O. The third-order valence-electron chi connectivity index (χ3n) is 3.51. The number of likely N-dealkylation sites (tertiary alicyclic amines) is 1. The van der Waals surface area contributed by atoms with Crippen molar-refractivity contribution in [3.63, 3.8) is 0 Å². The van der Waals surface area contributed by atoms with E-state index in [9.17, 15) is 4.79 Å². The van der Waals surface area contributed by atoms with Crippen molar-refractivity contribution in [1.29, 1.82) is 0 Å². The van der Waals surface area contributed by atoms with Crippen LogP contribution in [0.2, 0.25) is 0 Å². The Hall–Kier alpha value is -0.280. The number of nitrogens with zero attached hydrogens (tertiary/aromatic N) is 1. The van der Waals surface area contributed by atoms with Gasteiger partial charge in [0, 0.05) is 19.0 Å². The van der Waals surface area contributed by atoms with Crippen LogP contribution in [0.5, 0.6) is 0 Å². The molecule has 0 bridgehead atoms. The maximum absolute atomic E-state index is 11.9. The largest absolute Gasteiger partial charge is 0.340 e. The second-order valence-corrected chi connectivity index (χ2v) is 4.65. The number of piperidine rings is 1. The minimum absolute atomic E-state index is 0. The van der Waals surface area contributed by atoms with Gasteiger partial charge in [0.15, 0.2) is 0 Å². The van der Waals surface area contributed by atoms with Crippen LogP contribution in [0.25, 0.3) is 0 Å². The lowest BCUT2D eigenvalue weighted by Crippen LogP contribution is -2.46. The average molecular weight is 249 g/mol. The van der Waals surface area contributed by atoms with Gasteiger partial charge in [-0.2, -0.15) is 0 Å². The summed E-state index contributed by atoms with van der Waals surface area (Å²) in [6.07, 6.45) is 4.08. The van der Waals surface area contributed by atoms with Gasteiger partial charge in [-0.3, -0.25) is 4.79 Å². The quantitative estimate of drug-likeness (QED) is 0.773. The molecule has 1 N–H and O–H groups in total. The highest BCUT2D eigenvalue weighted by Crippen LogP contribution is 2.23. The van der Waals surface area contributed by atoms with Crippen LogP contribution in [0.15, 0.2) is 0 Å². The third kappa shape index (κ3) is 4.30. The van der Waals surface area contributed by atoms with E-state index in [4.69, 9.17) is 0 Å². The Bertz CT molecular complexity index is 211. The molecule has 1 saturated heterocycles. The van der Waals surface area contributed by atoms with E-state index >= 15 is 0 Å². The number of hydrogen-bond acceptors (Lipinski definition) is 2. The van der Waals surface area contributed by atoms with Gasteiger partial charge in [-0.25, -0.2) is 0 Å². The minimum Gasteiger partial charge on any atom is -0.340 e. The van der Waals surface area contributed by atoms with Crippen LogP contribution < -0.4 is 5.32 Å². The van der Waals surface area contributed by atoms with Crippen molar-refractivity contribution in [3.05, 3.63) is 0 Å². The van der Waals surface area contributed by atoms with E-state index in [1.807, 2.05) is 7.05 Å². The molecular weight excluding hydrogens is 224 g/mol. The zero-order valence-electron chi connectivity index (χ0n) is 10.7. The predicted molar refractivity (Wildman–Crippen MR) is 70.0 cm³/mol. The van der Waals surface area contributed by atoms with Gasteiger partial charge in [-0.05, 0) is 45.7 Å². The molecule has 0 aromatic rings. The number of carbonyl (C=O) groups excluding carboxylic acids is 1. The van der Waals surface area contributed by atoms with Crippen molar-refractivity contribution >= 4 is 18.3 Å². The smallest absolute Gasteiger partial charge is 0.222 e. The van der Waals surface area contributed by atoms with E-state index in [0.717, 1.165) is 19.5 Å². The van der Waals surface area contributed by atoms with Gasteiger partial charge in [0.25, 0.3) is 0 Å². The van der Waals surface area contributed by atoms with E-state index in [2.05, 4.69) is 24.1 Å². The zero-order valence-corrected chi connectivity index (χ0v) is 11.5. The van der Waals surface area contributed by atoms with E-state index < -0.39 is 0 Å². The van der Waals surface area contributed by atoms with Crippen LogP contribution in [-0.2, 0) is 4.79 Å². The number of rotatable bonds is 4. The predicted octanol–water partition coefficient (Wildman–Crippen LogP) is 2.05. The first-order chi connectivity index (χ1) is 7.16. The molecule has 2 unspecified atom stereocenters. The van der Waals surface area contributed by atoms with Gasteiger partial charge in [-0.15, -0.1) is 12.4 Å². The highest BCUT2D eigenvalue weighted by molar-refractivity contribution is 5.85. The summed E-state index contributed by atoms with van der Waals surface area (Å²) in [7, 11) is 1.93. The lowest BCUT2D eigenvalue weighted by molar-refractivity contribution is -0.135. The number of amides is 1. The molecule has 0 aromatic heterocycles. The topological polar surface area (TPSA) is 32.3 Å². The molecule has 0 radical (unpaired) electrons. The first kappa shape index (κ1) is 15.7. The van der Waals surface area contributed by atoms with E-state index in [0.29, 0.717) is 24.3 Å². The van der Waals surface area contributed by atoms with Crippen molar-refractivity contribution in [3.8, 4) is 0 Å². The highest BCUT2D eigenvalue weighted by Gasteiger charge is 2.27. The molecule has 0 aromatic carbocycles. The molecule has 1 rings (SSSR count). The molecule has 16 heavy (non-hydrogen) atoms. The maximum Gasteiger partial charge on any atom is 0.222 e. The molecule has 4 heteroatoms. The summed E-state index contributed by atoms with van der Waals surface area (Å²) in [5.74, 6) is 0.997. The Labute approximate surface area is 105 Å². The first-order valence-electron chi connectivity index (χ1n) is 6.11. The van der Waals surface area contributed by atoms with Gasteiger partial charge >= 0.3 is 0 Å². The fraction of sp³-hybridized carbons (Fsp3) is 0.917. The molecule has 0 spiro atoms. The van der Waals surface area contributed by atoms with Crippen molar-refractivity contribution in [2.45, 2.75) is 45.6 Å². The Balaban J connectivity index is 0.00000225. The molecule has 1 amide bonds. The Kier molecular flexibility index (Phi) is 7.77. The number of hydrogen-bond donors (Lipinski definition) is 1. The van der Waals surface area contributed by atoms with E-state index in [1.165, 1.54) is 12.8 Å². The monoisotopic (exact) mass is 248 g/mol. The van der Waals surface area contributed by atoms with Gasteiger partial charge in [-0.1, -0.05) is 6.92 Å². The second-order valence-electron chi connectivity index (χ2n) is 4.65. The summed E-state index contributed by atoms with van der Waals surface area (Å²) in [5, 5.41) is 3.08. The molecule has 0 saturated carbocycles. The fourth-order valence-electron chi connectivity index (χ4n) is 2.25. The minimum atomic E-state index is 0. The molecule has 1 aliphatic rings. The fourth-order valence-corrected chi connectivity index (χ4v) is 2.25. The van der Waals surface area contributed by atoms with Gasteiger partial charge < -0.3 is 10.2 Å². The second kappa shape index (κ2) is 7.91. The first-order valence-corrected chi connectivity index (χ1v) is 6.11. The average Bonchev–Trinajstić information content (AvgIpc) is 2.22. The molecule has 1 heterocycles. The zero-order chi connectivity index (χ0) is 11.3. The summed E-state index contributed by atoms with van der Waals surface area (Å²) in [6.45, 7) is 6.32. The SMILES string of the molecule is CNCCCC(=O)N1CCCC(C)C1C.Cl. The van der Waals surface area contributed by atoms with Crippen molar-refractivity contribution in [1.82, 2.24) is 10.2 Å². The van der Waals surface area contributed by atoms with Crippen LogP contribution >= 0.6 is 12.4 Å². The third-order valence-corrected chi connectivity index (χ3v) is 3.51. The highest BCUT2D eigenvalue weighted by atomic mass is 35.5. The van der Waals surface area contributed by atoms with Crippen LogP contribution in [0.1, 0.15) is 39.5 Å². The standard InChI is InChI=1S/C12H24N2O.ClH/c1-10-6-5-9-14(11(10)2)12(15)7-4-8-13-3;/h10-11,13H,4-9H2,1-3H3;1H. The molecule has 3 nitrogen and oxygen atoms in total. The Morgan fingerprint density at radius 2 is 2.12 bits per heavy atom. The van der Waals surface area contributed by atoms with Gasteiger partial charge in [0.2, 0.25) is 5.91 Å². The summed E-state index contributed by atoms with van der Waals surface area (Å²) in [6, 6.07) is 0.431. The van der Waals surface area contributed by atoms with Crippen molar-refractivity contribution in [2.75, 3.05) is 20.1 Å². The molecule has 96 valence electrons. The lowest BCUT2D eigenvalue weighted by Gasteiger charge is -2.38. The summed E-state index contributed by atoms with van der Waals surface area (Å²) in [4.78, 5) is 14.0. The summed E-state index contributed by atoms with van der Waals surface area (Å²) < 4.78 is 0. The normalized spacial score (nSPS) is 25.1.